The summed E-state index contributed by atoms with van der Waals surface area (Å²) in [6, 6.07) is 13.1. The zero-order valence-electron chi connectivity index (χ0n) is 16.5. The van der Waals surface area contributed by atoms with Crippen LogP contribution in [-0.4, -0.2) is 35.7 Å². The van der Waals surface area contributed by atoms with Crippen molar-refractivity contribution in [3.8, 4) is 0 Å². The molecule has 6 nitrogen and oxygen atoms in total. The Balaban J connectivity index is 1.60. The molecule has 0 bridgehead atoms. The number of aryl methyl sites for hydroxylation is 1. The molecule has 29 heavy (non-hydrogen) atoms. The van der Waals surface area contributed by atoms with Gasteiger partial charge in [-0.15, -0.1) is 0 Å². The Hall–Kier alpha value is -2.67. The molecular weight excluding hydrogens is 434 g/mol. The summed E-state index contributed by atoms with van der Waals surface area (Å²) in [5, 5.41) is 5.47. The molecule has 3 rings (SSSR count). The average Bonchev–Trinajstić information content (AvgIpc) is 2.68. The molecular formula is C22H24BrN3O3. The van der Waals surface area contributed by atoms with Gasteiger partial charge in [-0.3, -0.25) is 14.4 Å². The van der Waals surface area contributed by atoms with Crippen molar-refractivity contribution in [2.24, 2.45) is 0 Å². The molecule has 3 amide bonds. The van der Waals surface area contributed by atoms with E-state index >= 15 is 0 Å². The first-order valence-electron chi connectivity index (χ1n) is 9.53. The van der Waals surface area contributed by atoms with Crippen LogP contribution in [0.2, 0.25) is 0 Å². The predicted octanol–water partition coefficient (Wildman–Crippen LogP) is 3.35. The molecule has 0 spiro atoms. The maximum absolute atomic E-state index is 12.5. The van der Waals surface area contributed by atoms with Crippen molar-refractivity contribution in [2.75, 3.05) is 18.4 Å². The van der Waals surface area contributed by atoms with Gasteiger partial charge in [0.05, 0.1) is 19.0 Å². The van der Waals surface area contributed by atoms with E-state index in [1.165, 1.54) is 6.92 Å². The van der Waals surface area contributed by atoms with Crippen LogP contribution in [-0.2, 0) is 20.8 Å². The van der Waals surface area contributed by atoms with Crippen molar-refractivity contribution < 1.29 is 14.4 Å². The van der Waals surface area contributed by atoms with Gasteiger partial charge in [0.15, 0.2) is 0 Å². The van der Waals surface area contributed by atoms with Crippen LogP contribution in [0.3, 0.4) is 0 Å². The van der Waals surface area contributed by atoms with Gasteiger partial charge in [-0.1, -0.05) is 40.2 Å². The van der Waals surface area contributed by atoms with Crippen molar-refractivity contribution in [2.45, 2.75) is 32.7 Å². The lowest BCUT2D eigenvalue weighted by Gasteiger charge is -2.36. The highest BCUT2D eigenvalue weighted by Crippen LogP contribution is 2.32. The molecule has 0 fully saturated rings. The number of hydrogen-bond donors (Lipinski definition) is 2. The second kappa shape index (κ2) is 9.22. The fourth-order valence-corrected chi connectivity index (χ4v) is 4.11. The molecule has 1 heterocycles. The minimum absolute atomic E-state index is 0.0549. The van der Waals surface area contributed by atoms with Crippen LogP contribution in [0.4, 0.5) is 5.69 Å². The zero-order valence-corrected chi connectivity index (χ0v) is 18.1. The lowest BCUT2D eigenvalue weighted by atomic mass is 9.90. The number of anilines is 1. The zero-order chi connectivity index (χ0) is 21.0. The lowest BCUT2D eigenvalue weighted by Crippen LogP contribution is -2.42. The van der Waals surface area contributed by atoms with E-state index in [1.54, 1.807) is 4.90 Å². The number of benzene rings is 2. The number of carbonyl (C=O) groups excluding carboxylic acids is 3. The maximum Gasteiger partial charge on any atom is 0.243 e. The first-order chi connectivity index (χ1) is 13.8. The molecule has 1 aliphatic heterocycles. The topological polar surface area (TPSA) is 78.5 Å². The van der Waals surface area contributed by atoms with E-state index in [0.29, 0.717) is 12.2 Å². The Morgan fingerprint density at radius 1 is 1.14 bits per heavy atom. The molecule has 152 valence electrons. The summed E-state index contributed by atoms with van der Waals surface area (Å²) in [5.41, 5.74) is 3.79. The highest BCUT2D eigenvalue weighted by Gasteiger charge is 2.30. The van der Waals surface area contributed by atoms with Gasteiger partial charge in [0.1, 0.15) is 0 Å². The Morgan fingerprint density at radius 3 is 2.62 bits per heavy atom. The van der Waals surface area contributed by atoms with E-state index in [9.17, 15) is 14.4 Å². The van der Waals surface area contributed by atoms with Gasteiger partial charge in [0.25, 0.3) is 0 Å². The smallest absolute Gasteiger partial charge is 0.243 e. The molecule has 1 atom stereocenters. The third-order valence-electron chi connectivity index (χ3n) is 5.10. The fourth-order valence-electron chi connectivity index (χ4n) is 3.64. The number of nitrogens with one attached hydrogen (secondary N) is 2. The molecule has 0 aromatic heterocycles. The minimum Gasteiger partial charge on any atom is -0.347 e. The normalized spacial score (nSPS) is 15.4. The van der Waals surface area contributed by atoms with Crippen LogP contribution >= 0.6 is 15.9 Å². The van der Waals surface area contributed by atoms with Gasteiger partial charge in [-0.25, -0.2) is 0 Å². The highest BCUT2D eigenvalue weighted by molar-refractivity contribution is 9.10. The first-order valence-corrected chi connectivity index (χ1v) is 10.3. The highest BCUT2D eigenvalue weighted by atomic mass is 79.9. The van der Waals surface area contributed by atoms with Crippen LogP contribution in [0, 0.1) is 6.92 Å². The molecule has 0 radical (unpaired) electrons. The minimum atomic E-state index is -0.311. The number of hydrogen-bond acceptors (Lipinski definition) is 3. The number of rotatable bonds is 5. The second-order valence-corrected chi connectivity index (χ2v) is 8.08. The lowest BCUT2D eigenvalue weighted by molar-refractivity contribution is -0.133. The van der Waals surface area contributed by atoms with Gasteiger partial charge < -0.3 is 15.5 Å². The molecule has 1 unspecified atom stereocenters. The third-order valence-corrected chi connectivity index (χ3v) is 5.60. The van der Waals surface area contributed by atoms with Gasteiger partial charge >= 0.3 is 0 Å². The Kier molecular flexibility index (Phi) is 6.69. The predicted molar refractivity (Wildman–Crippen MR) is 115 cm³/mol. The van der Waals surface area contributed by atoms with Crippen LogP contribution in [0.1, 0.15) is 36.1 Å². The summed E-state index contributed by atoms with van der Waals surface area (Å²) in [6.07, 6.45) is 0.907. The fraction of sp³-hybridized carbons (Fsp3) is 0.318. The van der Waals surface area contributed by atoms with E-state index in [1.807, 2.05) is 49.4 Å². The molecule has 0 aliphatic carbocycles. The number of halogens is 1. The van der Waals surface area contributed by atoms with Crippen molar-refractivity contribution in [1.82, 2.24) is 10.2 Å². The van der Waals surface area contributed by atoms with Crippen LogP contribution < -0.4 is 10.6 Å². The summed E-state index contributed by atoms with van der Waals surface area (Å²) in [5.74, 6) is -0.613. The molecule has 0 saturated carbocycles. The maximum atomic E-state index is 12.5. The summed E-state index contributed by atoms with van der Waals surface area (Å²) in [7, 11) is 0. The van der Waals surface area contributed by atoms with Gasteiger partial charge in [0, 0.05) is 23.6 Å². The molecule has 0 saturated heterocycles. The Bertz CT molecular complexity index is 945. The second-order valence-electron chi connectivity index (χ2n) is 7.17. The van der Waals surface area contributed by atoms with E-state index in [4.69, 9.17) is 0 Å². The van der Waals surface area contributed by atoms with Crippen LogP contribution in [0.5, 0.6) is 0 Å². The number of carbonyl (C=O) groups is 3. The standard InChI is InChI=1S/C22H24BrN3O3/c1-14-11-17(23)7-8-19(14)25-22(29)13-24-21(28)12-20-18-6-4-3-5-16(18)9-10-26(20)15(2)27/h3-8,11,20H,9-10,12-13H2,1-2H3,(H,24,28)(H,25,29). The van der Waals surface area contributed by atoms with E-state index in [-0.39, 0.29) is 36.7 Å². The number of amides is 3. The van der Waals surface area contributed by atoms with Crippen molar-refractivity contribution in [3.63, 3.8) is 0 Å². The molecule has 2 aromatic rings. The monoisotopic (exact) mass is 457 g/mol. The summed E-state index contributed by atoms with van der Waals surface area (Å²) in [6.45, 7) is 3.89. The quantitative estimate of drug-likeness (QED) is 0.722. The molecule has 1 aliphatic rings. The number of fused-ring (bicyclic) bond motifs is 1. The molecule has 2 N–H and O–H groups in total. The first kappa shape index (κ1) is 21.0. The average molecular weight is 458 g/mol. The van der Waals surface area contributed by atoms with Gasteiger partial charge in [-0.2, -0.15) is 0 Å². The SMILES string of the molecule is CC(=O)N1CCc2ccccc2C1CC(=O)NCC(=O)Nc1ccc(Br)cc1C. The van der Waals surface area contributed by atoms with Gasteiger partial charge in [-0.05, 0) is 48.2 Å². The van der Waals surface area contributed by atoms with Crippen molar-refractivity contribution >= 4 is 39.3 Å². The summed E-state index contributed by atoms with van der Waals surface area (Å²) < 4.78 is 0.934. The molecule has 7 heteroatoms. The summed E-state index contributed by atoms with van der Waals surface area (Å²) >= 11 is 3.39. The van der Waals surface area contributed by atoms with Crippen LogP contribution in [0.25, 0.3) is 0 Å². The molecule has 2 aromatic carbocycles. The largest absolute Gasteiger partial charge is 0.347 e. The van der Waals surface area contributed by atoms with E-state index in [2.05, 4.69) is 26.6 Å². The number of nitrogens with zero attached hydrogens (tertiary/aromatic N) is 1. The van der Waals surface area contributed by atoms with Crippen molar-refractivity contribution in [3.05, 3.63) is 63.6 Å². The van der Waals surface area contributed by atoms with E-state index < -0.39 is 0 Å². The van der Waals surface area contributed by atoms with Crippen LogP contribution in [0.15, 0.2) is 46.9 Å². The Labute approximate surface area is 178 Å². The van der Waals surface area contributed by atoms with Gasteiger partial charge in [0.2, 0.25) is 17.7 Å². The van der Waals surface area contributed by atoms with Crippen molar-refractivity contribution in [1.29, 1.82) is 0 Å². The third kappa shape index (κ3) is 5.23. The summed E-state index contributed by atoms with van der Waals surface area (Å²) in [4.78, 5) is 38.5. The Morgan fingerprint density at radius 2 is 1.90 bits per heavy atom. The van der Waals surface area contributed by atoms with E-state index in [0.717, 1.165) is 27.6 Å².